The predicted molar refractivity (Wildman–Crippen MR) is 52.4 cm³/mol. The lowest BCUT2D eigenvalue weighted by molar-refractivity contribution is 0.249. The lowest BCUT2D eigenvalue weighted by Gasteiger charge is -2.02. The van der Waals surface area contributed by atoms with Crippen LogP contribution in [0.25, 0.3) is 0 Å². The van der Waals surface area contributed by atoms with Gasteiger partial charge in [-0.15, -0.1) is 0 Å². The lowest BCUT2D eigenvalue weighted by atomic mass is 10.1. The van der Waals surface area contributed by atoms with Crippen molar-refractivity contribution in [3.05, 3.63) is 11.1 Å². The van der Waals surface area contributed by atoms with Gasteiger partial charge in [0.15, 0.2) is 0 Å². The maximum atomic E-state index is 10.4. The zero-order chi connectivity index (χ0) is 9.84. The molecule has 0 atom stereocenters. The number of primary amides is 1. The van der Waals surface area contributed by atoms with Gasteiger partial charge in [-0.25, -0.2) is 10.2 Å². The first kappa shape index (κ1) is 9.77. The molecule has 0 spiro atoms. The van der Waals surface area contributed by atoms with Gasteiger partial charge in [-0.3, -0.25) is 0 Å². The van der Waals surface area contributed by atoms with Gasteiger partial charge in [0, 0.05) is 0 Å². The van der Waals surface area contributed by atoms with E-state index < -0.39 is 6.03 Å². The van der Waals surface area contributed by atoms with Crippen LogP contribution < -0.4 is 11.2 Å². The summed E-state index contributed by atoms with van der Waals surface area (Å²) in [6, 6.07) is -0.604. The maximum Gasteiger partial charge on any atom is 0.332 e. The summed E-state index contributed by atoms with van der Waals surface area (Å²) in [4.78, 5) is 10.4. The van der Waals surface area contributed by atoms with Crippen LogP contribution in [0.5, 0.6) is 0 Å². The fourth-order valence-electron chi connectivity index (χ4n) is 1.51. The minimum absolute atomic E-state index is 0.604. The molecule has 1 rings (SSSR count). The highest BCUT2D eigenvalue weighted by molar-refractivity contribution is 6.02. The van der Waals surface area contributed by atoms with E-state index in [-0.39, 0.29) is 0 Å². The molecule has 0 aromatic heterocycles. The van der Waals surface area contributed by atoms with Gasteiger partial charge in [-0.2, -0.15) is 5.10 Å². The van der Waals surface area contributed by atoms with Crippen molar-refractivity contribution >= 4 is 11.7 Å². The molecule has 0 unspecified atom stereocenters. The number of hydrazone groups is 1. The van der Waals surface area contributed by atoms with Crippen molar-refractivity contribution in [2.75, 3.05) is 0 Å². The lowest BCUT2D eigenvalue weighted by Crippen LogP contribution is -2.25. The third kappa shape index (κ3) is 2.57. The summed E-state index contributed by atoms with van der Waals surface area (Å²) in [6.07, 6.45) is 3.10. The Morgan fingerprint density at radius 2 is 2.15 bits per heavy atom. The Labute approximate surface area is 77.9 Å². The Morgan fingerprint density at radius 1 is 1.46 bits per heavy atom. The Hall–Kier alpha value is -1.32. The number of hydrogen-bond donors (Lipinski definition) is 2. The Bertz CT molecular complexity index is 275. The molecule has 2 amide bonds. The Kier molecular flexibility index (Phi) is 3.06. The monoisotopic (exact) mass is 181 g/mol. The molecule has 1 aliphatic carbocycles. The predicted octanol–water partition coefficient (Wildman–Crippen LogP) is 1.53. The number of nitrogens with zero attached hydrogens (tertiary/aromatic N) is 1. The molecule has 0 radical (unpaired) electrons. The van der Waals surface area contributed by atoms with Crippen molar-refractivity contribution in [1.29, 1.82) is 0 Å². The molecule has 0 saturated heterocycles. The zero-order valence-corrected chi connectivity index (χ0v) is 8.05. The van der Waals surface area contributed by atoms with Crippen LogP contribution >= 0.6 is 0 Å². The summed E-state index contributed by atoms with van der Waals surface area (Å²) in [5.74, 6) is 0. The molecule has 4 heteroatoms. The van der Waals surface area contributed by atoms with E-state index in [9.17, 15) is 4.79 Å². The van der Waals surface area contributed by atoms with Gasteiger partial charge >= 0.3 is 6.03 Å². The van der Waals surface area contributed by atoms with Crippen molar-refractivity contribution in [3.8, 4) is 0 Å². The molecular formula is C9H15N3O. The molecule has 3 N–H and O–H groups in total. The van der Waals surface area contributed by atoms with Crippen molar-refractivity contribution in [2.45, 2.75) is 33.1 Å². The topological polar surface area (TPSA) is 67.5 Å². The highest BCUT2D eigenvalue weighted by Crippen LogP contribution is 2.24. The number of nitrogens with one attached hydrogen (secondary N) is 1. The SMILES string of the molecule is CC(C)=C1CCC/C1=N/NC(N)=O. The van der Waals surface area contributed by atoms with Gasteiger partial charge in [-0.1, -0.05) is 5.57 Å². The van der Waals surface area contributed by atoms with E-state index in [4.69, 9.17) is 5.73 Å². The van der Waals surface area contributed by atoms with Crippen molar-refractivity contribution in [2.24, 2.45) is 10.8 Å². The third-order valence-corrected chi connectivity index (χ3v) is 2.09. The molecule has 72 valence electrons. The third-order valence-electron chi connectivity index (χ3n) is 2.09. The summed E-state index contributed by atoms with van der Waals surface area (Å²) < 4.78 is 0. The first-order valence-corrected chi connectivity index (χ1v) is 4.40. The van der Waals surface area contributed by atoms with E-state index in [1.807, 2.05) is 0 Å². The van der Waals surface area contributed by atoms with E-state index in [1.165, 1.54) is 11.1 Å². The standard InChI is InChI=1S/C9H15N3O/c1-6(2)7-4-3-5-8(7)11-12-9(10)13/h3-5H2,1-2H3,(H3,10,12,13)/b11-8-. The summed E-state index contributed by atoms with van der Waals surface area (Å²) in [5, 5.41) is 3.96. The number of hydrogen-bond acceptors (Lipinski definition) is 2. The fraction of sp³-hybridized carbons (Fsp3) is 0.556. The molecule has 1 fully saturated rings. The van der Waals surface area contributed by atoms with Gasteiger partial charge in [0.05, 0.1) is 5.71 Å². The highest BCUT2D eigenvalue weighted by Gasteiger charge is 2.16. The van der Waals surface area contributed by atoms with Gasteiger partial charge in [0.25, 0.3) is 0 Å². The van der Waals surface area contributed by atoms with Crippen molar-refractivity contribution in [3.63, 3.8) is 0 Å². The summed E-state index contributed by atoms with van der Waals surface area (Å²) in [7, 11) is 0. The van der Waals surface area contributed by atoms with Gasteiger partial charge in [0.2, 0.25) is 0 Å². The summed E-state index contributed by atoms with van der Waals surface area (Å²) >= 11 is 0. The number of urea groups is 1. The van der Waals surface area contributed by atoms with Crippen LogP contribution in [-0.2, 0) is 0 Å². The van der Waals surface area contributed by atoms with Gasteiger partial charge < -0.3 is 5.73 Å². The normalized spacial score (nSPS) is 19.2. The second-order valence-electron chi connectivity index (χ2n) is 3.37. The largest absolute Gasteiger partial charge is 0.350 e. The average molecular weight is 181 g/mol. The highest BCUT2D eigenvalue weighted by atomic mass is 16.2. The number of carbonyl (C=O) groups is 1. The van der Waals surface area contributed by atoms with Gasteiger partial charge in [-0.05, 0) is 38.7 Å². The first-order chi connectivity index (χ1) is 6.11. The summed E-state index contributed by atoms with van der Waals surface area (Å²) in [6.45, 7) is 4.11. The van der Waals surface area contributed by atoms with E-state index in [0.29, 0.717) is 0 Å². The minimum Gasteiger partial charge on any atom is -0.350 e. The van der Waals surface area contributed by atoms with E-state index in [2.05, 4.69) is 24.4 Å². The molecule has 4 nitrogen and oxygen atoms in total. The molecule has 0 bridgehead atoms. The van der Waals surface area contributed by atoms with Crippen LogP contribution in [0.4, 0.5) is 4.79 Å². The Morgan fingerprint density at radius 3 is 2.69 bits per heavy atom. The molecular weight excluding hydrogens is 166 g/mol. The zero-order valence-electron chi connectivity index (χ0n) is 8.05. The fourth-order valence-corrected chi connectivity index (χ4v) is 1.51. The number of allylic oxidation sites excluding steroid dienone is 2. The average Bonchev–Trinajstić information content (AvgIpc) is 2.47. The van der Waals surface area contributed by atoms with Crippen molar-refractivity contribution in [1.82, 2.24) is 5.43 Å². The van der Waals surface area contributed by atoms with E-state index >= 15 is 0 Å². The molecule has 0 aromatic carbocycles. The summed E-state index contributed by atoms with van der Waals surface area (Å²) in [5.41, 5.74) is 10.7. The molecule has 0 aromatic rings. The van der Waals surface area contributed by atoms with Gasteiger partial charge in [0.1, 0.15) is 0 Å². The van der Waals surface area contributed by atoms with Crippen LogP contribution in [0.15, 0.2) is 16.2 Å². The second-order valence-corrected chi connectivity index (χ2v) is 3.37. The van der Waals surface area contributed by atoms with Crippen LogP contribution in [0.1, 0.15) is 33.1 Å². The van der Waals surface area contributed by atoms with Crippen LogP contribution in [-0.4, -0.2) is 11.7 Å². The van der Waals surface area contributed by atoms with E-state index in [1.54, 1.807) is 0 Å². The van der Waals surface area contributed by atoms with E-state index in [0.717, 1.165) is 25.0 Å². The molecule has 13 heavy (non-hydrogen) atoms. The van der Waals surface area contributed by atoms with Crippen molar-refractivity contribution < 1.29 is 4.79 Å². The van der Waals surface area contributed by atoms with Crippen LogP contribution in [0, 0.1) is 0 Å². The number of amides is 2. The second kappa shape index (κ2) is 4.07. The maximum absolute atomic E-state index is 10.4. The first-order valence-electron chi connectivity index (χ1n) is 4.40. The quantitative estimate of drug-likeness (QED) is 0.592. The number of rotatable bonds is 1. The van der Waals surface area contributed by atoms with Crippen LogP contribution in [0.3, 0.4) is 0 Å². The number of nitrogens with two attached hydrogens (primary N) is 1. The smallest absolute Gasteiger partial charge is 0.332 e. The van der Waals surface area contributed by atoms with Crippen LogP contribution in [0.2, 0.25) is 0 Å². The molecule has 1 aliphatic rings. The minimum atomic E-state index is -0.604. The number of carbonyl (C=O) groups excluding carboxylic acids is 1. The molecule has 0 heterocycles. The molecule has 1 saturated carbocycles. The molecule has 0 aliphatic heterocycles. The Balaban J connectivity index is 2.74.